The van der Waals surface area contributed by atoms with E-state index in [1.807, 2.05) is 0 Å². The Morgan fingerprint density at radius 3 is 2.69 bits per heavy atom. The Hall–Kier alpha value is -1.23. The van der Waals surface area contributed by atoms with E-state index < -0.39 is 12.1 Å². The molecule has 0 aliphatic rings. The number of alkyl halides is 2. The van der Waals surface area contributed by atoms with E-state index in [0.717, 1.165) is 6.20 Å². The highest BCUT2D eigenvalue weighted by Crippen LogP contribution is 2.30. The molecule has 0 saturated carbocycles. The molecule has 0 saturated heterocycles. The first-order valence-electron chi connectivity index (χ1n) is 3.25. The molecule has 0 unspecified atom stereocenters. The van der Waals surface area contributed by atoms with Crippen LogP contribution < -0.4 is 5.73 Å². The molecular weight excluding hydrogens is 202 g/mol. The van der Waals surface area contributed by atoms with Gasteiger partial charge in [0.1, 0.15) is 5.69 Å². The Bertz CT molecular complexity index is 344. The number of carbonyl (C=O) groups excluding carboxylic acids is 1. The summed E-state index contributed by atoms with van der Waals surface area (Å²) < 4.78 is 24.3. The third-order valence-electron chi connectivity index (χ3n) is 1.44. The Kier molecular flexibility index (Phi) is 2.77. The summed E-state index contributed by atoms with van der Waals surface area (Å²) in [4.78, 5) is 13.6. The van der Waals surface area contributed by atoms with Gasteiger partial charge in [-0.2, -0.15) is 0 Å². The summed E-state index contributed by atoms with van der Waals surface area (Å²) in [5, 5.41) is -0.180. The molecule has 1 aromatic rings. The number of hydrogen-bond donors (Lipinski definition) is 1. The minimum atomic E-state index is -2.79. The molecule has 0 fully saturated rings. The zero-order chi connectivity index (χ0) is 10.0. The van der Waals surface area contributed by atoms with Crippen LogP contribution in [0.25, 0.3) is 0 Å². The molecule has 6 heteroatoms. The van der Waals surface area contributed by atoms with Gasteiger partial charge in [0.2, 0.25) is 0 Å². The summed E-state index contributed by atoms with van der Waals surface area (Å²) in [6, 6.07) is 0. The first-order valence-corrected chi connectivity index (χ1v) is 3.63. The quantitative estimate of drug-likeness (QED) is 0.754. The van der Waals surface area contributed by atoms with Crippen LogP contribution in [0.15, 0.2) is 6.20 Å². The van der Waals surface area contributed by atoms with Crippen LogP contribution in [0.1, 0.15) is 22.5 Å². The number of rotatable bonds is 2. The maximum atomic E-state index is 12.2. The maximum absolute atomic E-state index is 12.2. The number of nitrogens with zero attached hydrogens (tertiary/aromatic N) is 1. The molecule has 1 aromatic heterocycles. The summed E-state index contributed by atoms with van der Waals surface area (Å²) in [6.07, 6.45) is -1.42. The molecule has 0 atom stereocenters. The van der Waals surface area contributed by atoms with Gasteiger partial charge in [0.25, 0.3) is 6.43 Å². The molecule has 0 amide bonds. The van der Waals surface area contributed by atoms with Crippen molar-refractivity contribution in [2.45, 2.75) is 6.43 Å². The van der Waals surface area contributed by atoms with Gasteiger partial charge >= 0.3 is 0 Å². The van der Waals surface area contributed by atoms with Crippen LogP contribution in [0.3, 0.4) is 0 Å². The summed E-state index contributed by atoms with van der Waals surface area (Å²) in [7, 11) is 0. The molecular formula is C7H5ClF2N2O. The van der Waals surface area contributed by atoms with Crippen molar-refractivity contribution in [1.82, 2.24) is 4.98 Å². The standard InChI is InChI=1S/C7H5ClF2N2O/c8-4-3(2-13)1-12-6(5(4)11)7(9)10/h1-2,7H,11H2. The van der Waals surface area contributed by atoms with Gasteiger partial charge in [0.15, 0.2) is 6.29 Å². The third-order valence-corrected chi connectivity index (χ3v) is 1.86. The molecule has 1 heterocycles. The lowest BCUT2D eigenvalue weighted by molar-refractivity contribution is 0.112. The number of anilines is 1. The van der Waals surface area contributed by atoms with Crippen molar-refractivity contribution >= 4 is 23.6 Å². The van der Waals surface area contributed by atoms with Crippen molar-refractivity contribution in [3.8, 4) is 0 Å². The molecule has 0 aliphatic heterocycles. The van der Waals surface area contributed by atoms with Crippen LogP contribution in [0.5, 0.6) is 0 Å². The van der Waals surface area contributed by atoms with E-state index in [1.165, 1.54) is 0 Å². The number of pyridine rings is 1. The van der Waals surface area contributed by atoms with E-state index in [0.29, 0.717) is 6.29 Å². The average Bonchev–Trinajstić information content (AvgIpc) is 2.09. The van der Waals surface area contributed by atoms with Crippen molar-refractivity contribution < 1.29 is 13.6 Å². The van der Waals surface area contributed by atoms with Gasteiger partial charge in [-0.05, 0) is 0 Å². The van der Waals surface area contributed by atoms with Crippen LogP contribution in [0.4, 0.5) is 14.5 Å². The van der Waals surface area contributed by atoms with E-state index >= 15 is 0 Å². The predicted molar refractivity (Wildman–Crippen MR) is 44.0 cm³/mol. The minimum Gasteiger partial charge on any atom is -0.396 e. The monoisotopic (exact) mass is 206 g/mol. The third kappa shape index (κ3) is 1.75. The Balaban J connectivity index is 3.31. The fraction of sp³-hybridized carbons (Fsp3) is 0.143. The molecule has 0 spiro atoms. The zero-order valence-corrected chi connectivity index (χ0v) is 7.05. The van der Waals surface area contributed by atoms with Crippen molar-refractivity contribution in [1.29, 1.82) is 0 Å². The second-order valence-electron chi connectivity index (χ2n) is 2.24. The Morgan fingerprint density at radius 2 is 2.23 bits per heavy atom. The molecule has 70 valence electrons. The number of hydrogen-bond acceptors (Lipinski definition) is 3. The topological polar surface area (TPSA) is 56.0 Å². The van der Waals surface area contributed by atoms with Crippen LogP contribution in [0.2, 0.25) is 5.02 Å². The Morgan fingerprint density at radius 1 is 1.62 bits per heavy atom. The number of nitrogens with two attached hydrogens (primary N) is 1. The van der Waals surface area contributed by atoms with Gasteiger partial charge in [-0.25, -0.2) is 8.78 Å². The predicted octanol–water partition coefficient (Wildman–Crippen LogP) is 2.07. The van der Waals surface area contributed by atoms with Crippen molar-refractivity contribution in [2.75, 3.05) is 5.73 Å². The van der Waals surface area contributed by atoms with E-state index in [1.54, 1.807) is 0 Å². The minimum absolute atomic E-state index is 0.00330. The summed E-state index contributed by atoms with van der Waals surface area (Å²) in [6.45, 7) is 0. The normalized spacial score (nSPS) is 10.5. The molecule has 3 nitrogen and oxygen atoms in total. The number of halogens is 3. The zero-order valence-electron chi connectivity index (χ0n) is 6.30. The van der Waals surface area contributed by atoms with Crippen molar-refractivity contribution in [3.05, 3.63) is 22.5 Å². The second-order valence-corrected chi connectivity index (χ2v) is 2.62. The van der Waals surface area contributed by atoms with E-state index in [4.69, 9.17) is 17.3 Å². The van der Waals surface area contributed by atoms with Gasteiger partial charge in [-0.1, -0.05) is 11.6 Å². The van der Waals surface area contributed by atoms with Crippen LogP contribution >= 0.6 is 11.6 Å². The van der Waals surface area contributed by atoms with Crippen LogP contribution in [0, 0.1) is 0 Å². The molecule has 0 bridgehead atoms. The number of aromatic nitrogens is 1. The van der Waals surface area contributed by atoms with Gasteiger partial charge in [-0.3, -0.25) is 9.78 Å². The fourth-order valence-corrected chi connectivity index (χ4v) is 0.979. The summed E-state index contributed by atoms with van der Waals surface area (Å²) in [5.74, 6) is 0. The molecule has 1 rings (SSSR count). The maximum Gasteiger partial charge on any atom is 0.282 e. The molecule has 13 heavy (non-hydrogen) atoms. The lowest BCUT2D eigenvalue weighted by atomic mass is 10.2. The van der Waals surface area contributed by atoms with Gasteiger partial charge in [0.05, 0.1) is 16.3 Å². The summed E-state index contributed by atoms with van der Waals surface area (Å²) >= 11 is 5.51. The first-order chi connectivity index (χ1) is 6.07. The van der Waals surface area contributed by atoms with E-state index in [-0.39, 0.29) is 16.3 Å². The number of nitrogen functional groups attached to an aromatic ring is 1. The van der Waals surface area contributed by atoms with Crippen LogP contribution in [-0.4, -0.2) is 11.3 Å². The van der Waals surface area contributed by atoms with E-state index in [2.05, 4.69) is 4.98 Å². The van der Waals surface area contributed by atoms with Crippen molar-refractivity contribution in [3.63, 3.8) is 0 Å². The molecule has 0 aliphatic carbocycles. The van der Waals surface area contributed by atoms with Gasteiger partial charge in [-0.15, -0.1) is 0 Å². The molecule has 0 radical (unpaired) electrons. The highest BCUT2D eigenvalue weighted by atomic mass is 35.5. The first kappa shape index (κ1) is 9.85. The largest absolute Gasteiger partial charge is 0.396 e. The highest BCUT2D eigenvalue weighted by molar-refractivity contribution is 6.35. The average molecular weight is 207 g/mol. The van der Waals surface area contributed by atoms with Gasteiger partial charge < -0.3 is 5.73 Å². The van der Waals surface area contributed by atoms with E-state index in [9.17, 15) is 13.6 Å². The second kappa shape index (κ2) is 3.66. The van der Waals surface area contributed by atoms with Crippen molar-refractivity contribution in [2.24, 2.45) is 0 Å². The SMILES string of the molecule is Nc1c(C(F)F)ncc(C=O)c1Cl. The fourth-order valence-electron chi connectivity index (χ4n) is 0.789. The number of aldehydes is 1. The molecule has 0 aromatic carbocycles. The smallest absolute Gasteiger partial charge is 0.282 e. The lowest BCUT2D eigenvalue weighted by Gasteiger charge is -2.05. The van der Waals surface area contributed by atoms with Gasteiger partial charge in [0, 0.05) is 6.20 Å². The highest BCUT2D eigenvalue weighted by Gasteiger charge is 2.17. The lowest BCUT2D eigenvalue weighted by Crippen LogP contribution is -2.01. The Labute approximate surface area is 77.5 Å². The number of carbonyl (C=O) groups is 1. The van der Waals surface area contributed by atoms with Crippen LogP contribution in [-0.2, 0) is 0 Å². The molecule has 2 N–H and O–H groups in total. The summed E-state index contributed by atoms with van der Waals surface area (Å²) in [5.41, 5.74) is 4.28.